The van der Waals surface area contributed by atoms with Crippen LogP contribution in [-0.2, 0) is 6.42 Å². The Morgan fingerprint density at radius 1 is 1.00 bits per heavy atom. The van der Waals surface area contributed by atoms with E-state index in [0.29, 0.717) is 22.1 Å². The van der Waals surface area contributed by atoms with Crippen molar-refractivity contribution in [3.8, 4) is 0 Å². The molecule has 0 radical (unpaired) electrons. The number of aliphatic hydroxyl groups excluding tert-OH is 1. The Kier molecular flexibility index (Phi) is 3.80. The fourth-order valence-electron chi connectivity index (χ4n) is 2.38. The number of Topliss-reactive ketones (excluding diaryl/α,β-unsaturated/α-hetero) is 2. The fourth-order valence-corrected chi connectivity index (χ4v) is 2.38. The molecule has 3 rings (SSSR count). The van der Waals surface area contributed by atoms with Crippen LogP contribution in [-0.4, -0.2) is 28.4 Å². The van der Waals surface area contributed by atoms with Crippen molar-refractivity contribution in [3.05, 3.63) is 65.4 Å². The first-order chi connectivity index (χ1) is 10.7. The molecule has 0 bridgehead atoms. The van der Waals surface area contributed by atoms with Crippen molar-refractivity contribution < 1.29 is 19.2 Å². The van der Waals surface area contributed by atoms with Crippen LogP contribution in [0.15, 0.2) is 53.1 Å². The maximum atomic E-state index is 12.5. The second kappa shape index (κ2) is 5.91. The van der Waals surface area contributed by atoms with Gasteiger partial charge in [-0.3, -0.25) is 9.59 Å². The van der Waals surface area contributed by atoms with Crippen molar-refractivity contribution in [1.29, 1.82) is 0 Å². The summed E-state index contributed by atoms with van der Waals surface area (Å²) in [4.78, 5) is 24.2. The Morgan fingerprint density at radius 2 is 1.73 bits per heavy atom. The number of benzene rings is 2. The lowest BCUT2D eigenvalue weighted by molar-refractivity contribution is 0.0902. The Labute approximate surface area is 126 Å². The summed E-state index contributed by atoms with van der Waals surface area (Å²) in [6, 6.07) is 13.9. The first kappa shape index (κ1) is 14.2. The maximum absolute atomic E-state index is 12.5. The van der Waals surface area contributed by atoms with Gasteiger partial charge in [0, 0.05) is 12.0 Å². The van der Waals surface area contributed by atoms with E-state index < -0.39 is 12.4 Å². The summed E-state index contributed by atoms with van der Waals surface area (Å²) in [5.41, 5.74) is 1.72. The Balaban J connectivity index is 1.94. The summed E-state index contributed by atoms with van der Waals surface area (Å²) < 4.78 is 5.13. The van der Waals surface area contributed by atoms with Crippen molar-refractivity contribution in [1.82, 2.24) is 5.16 Å². The average molecular weight is 295 g/mol. The summed E-state index contributed by atoms with van der Waals surface area (Å²) in [5, 5.41) is 13.5. The van der Waals surface area contributed by atoms with E-state index in [1.54, 1.807) is 48.5 Å². The smallest absolute Gasteiger partial charge is 0.189 e. The number of carbonyl (C=O) groups is 2. The Bertz CT molecular complexity index is 850. The minimum atomic E-state index is -0.585. The minimum Gasteiger partial charge on any atom is -0.388 e. The third-order valence-electron chi connectivity index (χ3n) is 3.45. The predicted octanol–water partition coefficient (Wildman–Crippen LogP) is 2.43. The molecule has 2 aromatic carbocycles. The number of aromatic nitrogens is 1. The molecular formula is C17H13NO4. The van der Waals surface area contributed by atoms with Crippen molar-refractivity contribution in [2.75, 3.05) is 6.61 Å². The highest BCUT2D eigenvalue weighted by atomic mass is 16.5. The summed E-state index contributed by atoms with van der Waals surface area (Å²) in [5.74, 6) is -0.642. The standard InChI is InChI=1S/C17H13NO4/c19-10-15(21)12-6-2-1-5-11(12)9-14(20)17-13-7-3-4-8-16(13)22-18-17/h1-8,19H,9-10H2. The van der Waals surface area contributed by atoms with Gasteiger partial charge in [-0.25, -0.2) is 0 Å². The van der Waals surface area contributed by atoms with Crippen LogP contribution in [0.5, 0.6) is 0 Å². The second-order valence-corrected chi connectivity index (χ2v) is 4.87. The first-order valence-corrected chi connectivity index (χ1v) is 6.80. The highest BCUT2D eigenvalue weighted by Crippen LogP contribution is 2.20. The van der Waals surface area contributed by atoms with E-state index in [0.717, 1.165) is 0 Å². The molecule has 0 unspecified atom stereocenters. The Morgan fingerprint density at radius 3 is 2.55 bits per heavy atom. The molecule has 1 N–H and O–H groups in total. The number of rotatable bonds is 5. The summed E-state index contributed by atoms with van der Waals surface area (Å²) in [6.45, 7) is -0.585. The SMILES string of the molecule is O=C(CO)c1ccccc1CC(=O)c1noc2ccccc12. The molecule has 0 saturated heterocycles. The normalized spacial score (nSPS) is 10.8. The predicted molar refractivity (Wildman–Crippen MR) is 79.9 cm³/mol. The number of fused-ring (bicyclic) bond motifs is 1. The number of carbonyl (C=O) groups excluding carboxylic acids is 2. The van der Waals surface area contributed by atoms with E-state index in [9.17, 15) is 9.59 Å². The van der Waals surface area contributed by atoms with E-state index in [1.165, 1.54) is 0 Å². The number of hydrogen-bond acceptors (Lipinski definition) is 5. The van der Waals surface area contributed by atoms with Crippen LogP contribution in [0.1, 0.15) is 26.4 Å². The van der Waals surface area contributed by atoms with Crippen molar-refractivity contribution in [2.24, 2.45) is 0 Å². The maximum Gasteiger partial charge on any atom is 0.189 e. The van der Waals surface area contributed by atoms with Crippen LogP contribution in [0.4, 0.5) is 0 Å². The van der Waals surface area contributed by atoms with Gasteiger partial charge in [0.15, 0.2) is 22.8 Å². The Hall–Kier alpha value is -2.79. The zero-order valence-electron chi connectivity index (χ0n) is 11.7. The van der Waals surface area contributed by atoms with Gasteiger partial charge in [-0.1, -0.05) is 41.6 Å². The van der Waals surface area contributed by atoms with E-state index in [4.69, 9.17) is 9.63 Å². The number of ketones is 2. The van der Waals surface area contributed by atoms with Crippen LogP contribution in [0, 0.1) is 0 Å². The van der Waals surface area contributed by atoms with Gasteiger partial charge in [-0.05, 0) is 17.7 Å². The lowest BCUT2D eigenvalue weighted by Gasteiger charge is -2.05. The largest absolute Gasteiger partial charge is 0.388 e. The highest BCUT2D eigenvalue weighted by Gasteiger charge is 2.18. The third kappa shape index (κ3) is 2.54. The molecule has 1 aromatic heterocycles. The van der Waals surface area contributed by atoms with Crippen LogP contribution in [0.25, 0.3) is 11.0 Å². The minimum absolute atomic E-state index is 0.0262. The van der Waals surface area contributed by atoms with Crippen molar-refractivity contribution in [3.63, 3.8) is 0 Å². The first-order valence-electron chi connectivity index (χ1n) is 6.80. The van der Waals surface area contributed by atoms with Gasteiger partial charge in [-0.2, -0.15) is 0 Å². The molecule has 110 valence electrons. The molecule has 22 heavy (non-hydrogen) atoms. The monoisotopic (exact) mass is 295 g/mol. The molecule has 0 atom stereocenters. The molecule has 0 fully saturated rings. The van der Waals surface area contributed by atoms with Gasteiger partial charge < -0.3 is 9.63 Å². The molecule has 0 amide bonds. The van der Waals surface area contributed by atoms with E-state index in [1.807, 2.05) is 0 Å². The zero-order valence-corrected chi connectivity index (χ0v) is 11.7. The van der Waals surface area contributed by atoms with Gasteiger partial charge in [0.05, 0.1) is 5.39 Å². The van der Waals surface area contributed by atoms with Gasteiger partial charge >= 0.3 is 0 Å². The number of aliphatic hydroxyl groups is 1. The highest BCUT2D eigenvalue weighted by molar-refractivity contribution is 6.07. The quantitative estimate of drug-likeness (QED) is 0.731. The number of hydrogen-bond donors (Lipinski definition) is 1. The number of para-hydroxylation sites is 1. The van der Waals surface area contributed by atoms with Crippen molar-refractivity contribution >= 4 is 22.5 Å². The summed E-state index contributed by atoms with van der Waals surface area (Å²) in [6.07, 6.45) is 0.0262. The molecule has 0 aliphatic carbocycles. The topological polar surface area (TPSA) is 80.4 Å². The zero-order chi connectivity index (χ0) is 15.5. The number of nitrogens with zero attached hydrogens (tertiary/aromatic N) is 1. The molecule has 0 saturated carbocycles. The molecule has 5 heteroatoms. The third-order valence-corrected chi connectivity index (χ3v) is 3.45. The fraction of sp³-hybridized carbons (Fsp3) is 0.118. The molecular weight excluding hydrogens is 282 g/mol. The molecule has 5 nitrogen and oxygen atoms in total. The molecule has 0 aliphatic rings. The lowest BCUT2D eigenvalue weighted by atomic mass is 9.98. The van der Waals surface area contributed by atoms with Gasteiger partial charge in [0.2, 0.25) is 0 Å². The van der Waals surface area contributed by atoms with E-state index in [-0.39, 0.29) is 17.9 Å². The second-order valence-electron chi connectivity index (χ2n) is 4.87. The van der Waals surface area contributed by atoms with Gasteiger partial charge in [0.25, 0.3) is 0 Å². The van der Waals surface area contributed by atoms with E-state index >= 15 is 0 Å². The lowest BCUT2D eigenvalue weighted by Crippen LogP contribution is -2.12. The van der Waals surface area contributed by atoms with Crippen LogP contribution >= 0.6 is 0 Å². The molecule has 1 heterocycles. The van der Waals surface area contributed by atoms with Gasteiger partial charge in [-0.15, -0.1) is 0 Å². The van der Waals surface area contributed by atoms with Crippen LogP contribution in [0.2, 0.25) is 0 Å². The molecule has 3 aromatic rings. The van der Waals surface area contributed by atoms with E-state index in [2.05, 4.69) is 5.16 Å². The average Bonchev–Trinajstić information content (AvgIpc) is 2.99. The summed E-state index contributed by atoms with van der Waals surface area (Å²) >= 11 is 0. The van der Waals surface area contributed by atoms with Crippen LogP contribution < -0.4 is 0 Å². The molecule has 0 aliphatic heterocycles. The molecule has 0 spiro atoms. The van der Waals surface area contributed by atoms with Gasteiger partial charge in [0.1, 0.15) is 6.61 Å². The summed E-state index contributed by atoms with van der Waals surface area (Å²) in [7, 11) is 0. The van der Waals surface area contributed by atoms with Crippen LogP contribution in [0.3, 0.4) is 0 Å². The van der Waals surface area contributed by atoms with Crippen molar-refractivity contribution in [2.45, 2.75) is 6.42 Å².